The number of hydrogen-bond acceptors (Lipinski definition) is 4. The molecule has 1 aromatic carbocycles. The van der Waals surface area contributed by atoms with E-state index in [1.807, 2.05) is 26.0 Å². The van der Waals surface area contributed by atoms with Crippen molar-refractivity contribution in [2.45, 2.75) is 20.8 Å². The third-order valence-electron chi connectivity index (χ3n) is 3.33. The molecule has 0 saturated heterocycles. The van der Waals surface area contributed by atoms with Crippen LogP contribution in [-0.2, 0) is 0 Å². The van der Waals surface area contributed by atoms with Crippen LogP contribution >= 0.6 is 0 Å². The number of aromatic nitrogens is 1. The Kier molecular flexibility index (Phi) is 4.93. The van der Waals surface area contributed by atoms with Gasteiger partial charge in [0.2, 0.25) is 0 Å². The van der Waals surface area contributed by atoms with Crippen molar-refractivity contribution in [3.63, 3.8) is 0 Å². The molecular formula is C16H19N3O3. The summed E-state index contributed by atoms with van der Waals surface area (Å²) < 4.78 is 4.83. The molecule has 0 unspecified atom stereocenters. The maximum absolute atomic E-state index is 12.0. The van der Waals surface area contributed by atoms with Crippen LogP contribution in [-0.4, -0.2) is 30.1 Å². The van der Waals surface area contributed by atoms with Crippen molar-refractivity contribution >= 4 is 11.8 Å². The van der Waals surface area contributed by atoms with Gasteiger partial charge < -0.3 is 15.2 Å². The van der Waals surface area contributed by atoms with Gasteiger partial charge in [-0.15, -0.1) is 0 Å². The number of rotatable bonds is 5. The van der Waals surface area contributed by atoms with Crippen molar-refractivity contribution in [1.29, 1.82) is 0 Å². The van der Waals surface area contributed by atoms with Crippen LogP contribution in [0.4, 0.5) is 0 Å². The highest BCUT2D eigenvalue weighted by Gasteiger charge is 2.10. The third-order valence-corrected chi connectivity index (χ3v) is 3.33. The summed E-state index contributed by atoms with van der Waals surface area (Å²) >= 11 is 0. The molecule has 0 aliphatic heterocycles. The molecule has 22 heavy (non-hydrogen) atoms. The number of nitrogens with zero attached hydrogens (tertiary/aromatic N) is 1. The van der Waals surface area contributed by atoms with Crippen LogP contribution in [0, 0.1) is 20.8 Å². The largest absolute Gasteiger partial charge is 0.361 e. The van der Waals surface area contributed by atoms with E-state index in [1.165, 1.54) is 0 Å². The number of hydrogen-bond donors (Lipinski definition) is 2. The van der Waals surface area contributed by atoms with Crippen molar-refractivity contribution < 1.29 is 14.1 Å². The number of nitrogens with one attached hydrogen (secondary N) is 2. The van der Waals surface area contributed by atoms with E-state index < -0.39 is 0 Å². The summed E-state index contributed by atoms with van der Waals surface area (Å²) in [6.45, 7) is 6.34. The molecular weight excluding hydrogens is 282 g/mol. The first-order valence-electron chi connectivity index (χ1n) is 7.04. The van der Waals surface area contributed by atoms with E-state index in [9.17, 15) is 9.59 Å². The van der Waals surface area contributed by atoms with Gasteiger partial charge in [-0.05, 0) is 44.0 Å². The SMILES string of the molecule is Cc1cc(C(=O)NCCNC(=O)c2ccc(C)c(C)c2)no1. The second-order valence-electron chi connectivity index (χ2n) is 5.13. The lowest BCUT2D eigenvalue weighted by Crippen LogP contribution is -2.34. The second-order valence-corrected chi connectivity index (χ2v) is 5.13. The van der Waals surface area contributed by atoms with Crippen molar-refractivity contribution in [2.24, 2.45) is 0 Å². The van der Waals surface area contributed by atoms with Gasteiger partial charge in [-0.1, -0.05) is 11.2 Å². The van der Waals surface area contributed by atoms with Crippen LogP contribution in [0.1, 0.15) is 37.7 Å². The van der Waals surface area contributed by atoms with Crippen LogP contribution in [0.3, 0.4) is 0 Å². The lowest BCUT2D eigenvalue weighted by atomic mass is 10.1. The minimum atomic E-state index is -0.322. The Morgan fingerprint density at radius 1 is 1.00 bits per heavy atom. The minimum absolute atomic E-state index is 0.158. The zero-order chi connectivity index (χ0) is 16.1. The maximum Gasteiger partial charge on any atom is 0.273 e. The second kappa shape index (κ2) is 6.89. The van der Waals surface area contributed by atoms with Gasteiger partial charge in [-0.25, -0.2) is 0 Å². The zero-order valence-corrected chi connectivity index (χ0v) is 12.9. The average Bonchev–Trinajstić information content (AvgIpc) is 2.92. The highest BCUT2D eigenvalue weighted by Crippen LogP contribution is 2.09. The maximum atomic E-state index is 12.0. The number of benzene rings is 1. The zero-order valence-electron chi connectivity index (χ0n) is 12.9. The molecule has 2 N–H and O–H groups in total. The van der Waals surface area contributed by atoms with E-state index >= 15 is 0 Å². The van der Waals surface area contributed by atoms with Crippen LogP contribution in [0.15, 0.2) is 28.8 Å². The standard InChI is InChI=1S/C16H19N3O3/c1-10-4-5-13(8-11(10)2)15(20)17-6-7-18-16(21)14-9-12(3)22-19-14/h4-5,8-9H,6-7H2,1-3H3,(H,17,20)(H,18,21). The van der Waals surface area contributed by atoms with Crippen LogP contribution in [0.25, 0.3) is 0 Å². The van der Waals surface area contributed by atoms with Gasteiger partial charge in [-0.3, -0.25) is 9.59 Å². The summed E-state index contributed by atoms with van der Waals surface area (Å²) in [5.41, 5.74) is 3.06. The van der Waals surface area contributed by atoms with Gasteiger partial charge in [0.1, 0.15) is 5.76 Å². The highest BCUT2D eigenvalue weighted by atomic mass is 16.5. The molecule has 0 fully saturated rings. The summed E-state index contributed by atoms with van der Waals surface area (Å²) in [5, 5.41) is 9.04. The molecule has 6 heteroatoms. The fourth-order valence-corrected chi connectivity index (χ4v) is 1.90. The van der Waals surface area contributed by atoms with Crippen molar-refractivity contribution in [3.05, 3.63) is 52.4 Å². The molecule has 6 nitrogen and oxygen atoms in total. The molecule has 116 valence electrons. The molecule has 2 aromatic rings. The van der Waals surface area contributed by atoms with Crippen LogP contribution in [0.5, 0.6) is 0 Å². The number of carbonyl (C=O) groups excluding carboxylic acids is 2. The molecule has 0 saturated carbocycles. The molecule has 1 heterocycles. The first kappa shape index (κ1) is 15.8. The first-order chi connectivity index (χ1) is 10.5. The third kappa shape index (κ3) is 3.94. The van der Waals surface area contributed by atoms with E-state index in [0.29, 0.717) is 24.4 Å². The van der Waals surface area contributed by atoms with Gasteiger partial charge >= 0.3 is 0 Å². The van der Waals surface area contributed by atoms with Gasteiger partial charge in [0.25, 0.3) is 11.8 Å². The van der Waals surface area contributed by atoms with E-state index in [-0.39, 0.29) is 17.5 Å². The Balaban J connectivity index is 1.77. The van der Waals surface area contributed by atoms with Gasteiger partial charge in [0, 0.05) is 24.7 Å². The Hall–Kier alpha value is -2.63. The van der Waals surface area contributed by atoms with Gasteiger partial charge in [0.15, 0.2) is 5.69 Å². The fraction of sp³-hybridized carbons (Fsp3) is 0.312. The van der Waals surface area contributed by atoms with E-state index in [0.717, 1.165) is 11.1 Å². The summed E-state index contributed by atoms with van der Waals surface area (Å²) in [6.07, 6.45) is 0. The first-order valence-corrected chi connectivity index (χ1v) is 7.04. The Labute approximate surface area is 128 Å². The number of carbonyl (C=O) groups is 2. The summed E-state index contributed by atoms with van der Waals surface area (Å²) in [5.74, 6) is 0.0973. The molecule has 0 aliphatic carbocycles. The molecule has 1 aromatic heterocycles. The summed E-state index contributed by atoms with van der Waals surface area (Å²) in [6, 6.07) is 7.11. The lowest BCUT2D eigenvalue weighted by molar-refractivity contribution is 0.0922. The monoisotopic (exact) mass is 301 g/mol. The lowest BCUT2D eigenvalue weighted by Gasteiger charge is -2.07. The Morgan fingerprint density at radius 2 is 1.68 bits per heavy atom. The van der Waals surface area contributed by atoms with Crippen molar-refractivity contribution in [3.8, 4) is 0 Å². The average molecular weight is 301 g/mol. The Bertz CT molecular complexity index is 692. The highest BCUT2D eigenvalue weighted by molar-refractivity contribution is 5.94. The van der Waals surface area contributed by atoms with E-state index in [2.05, 4.69) is 15.8 Å². The number of amides is 2. The molecule has 0 radical (unpaired) electrons. The summed E-state index contributed by atoms with van der Waals surface area (Å²) in [7, 11) is 0. The molecule has 2 rings (SSSR count). The fourth-order valence-electron chi connectivity index (χ4n) is 1.90. The van der Waals surface area contributed by atoms with E-state index in [1.54, 1.807) is 19.1 Å². The molecule has 2 amide bonds. The molecule has 0 atom stereocenters. The Morgan fingerprint density at radius 3 is 2.27 bits per heavy atom. The molecule has 0 aliphatic rings. The number of aryl methyl sites for hydroxylation is 3. The van der Waals surface area contributed by atoms with E-state index in [4.69, 9.17) is 4.52 Å². The van der Waals surface area contributed by atoms with Gasteiger partial charge in [0.05, 0.1) is 0 Å². The smallest absolute Gasteiger partial charge is 0.273 e. The predicted molar refractivity (Wildman–Crippen MR) is 81.8 cm³/mol. The van der Waals surface area contributed by atoms with Crippen molar-refractivity contribution in [1.82, 2.24) is 15.8 Å². The van der Waals surface area contributed by atoms with Crippen molar-refractivity contribution in [2.75, 3.05) is 13.1 Å². The van der Waals surface area contributed by atoms with Gasteiger partial charge in [-0.2, -0.15) is 0 Å². The van der Waals surface area contributed by atoms with Crippen LogP contribution < -0.4 is 10.6 Å². The normalized spacial score (nSPS) is 10.3. The molecule has 0 bridgehead atoms. The topological polar surface area (TPSA) is 84.2 Å². The predicted octanol–water partition coefficient (Wildman–Crippen LogP) is 1.76. The summed E-state index contributed by atoms with van der Waals surface area (Å²) in [4.78, 5) is 23.7. The quantitative estimate of drug-likeness (QED) is 0.824. The van der Waals surface area contributed by atoms with Crippen LogP contribution in [0.2, 0.25) is 0 Å². The molecule has 0 spiro atoms. The minimum Gasteiger partial charge on any atom is -0.361 e.